The summed E-state index contributed by atoms with van der Waals surface area (Å²) in [4.78, 5) is 27.0. The van der Waals surface area contributed by atoms with Crippen molar-refractivity contribution < 1.29 is 37.0 Å². The molecule has 0 spiro atoms. The zero-order chi connectivity index (χ0) is 28.0. The van der Waals surface area contributed by atoms with Crippen LogP contribution in [0.3, 0.4) is 0 Å². The fourth-order valence-corrected chi connectivity index (χ4v) is 4.15. The number of carbonyl (C=O) groups excluding carboxylic acids is 2. The summed E-state index contributed by atoms with van der Waals surface area (Å²) >= 11 is 0. The van der Waals surface area contributed by atoms with Gasteiger partial charge in [0, 0.05) is 24.3 Å². The Kier molecular flexibility index (Phi) is 8.70. The molecule has 4 rings (SSSR count). The van der Waals surface area contributed by atoms with Crippen LogP contribution in [-0.2, 0) is 12.8 Å². The molecular formula is C28H27F4N3O4. The topological polar surface area (TPSA) is 90.9 Å². The van der Waals surface area contributed by atoms with Gasteiger partial charge in [-0.2, -0.15) is 13.2 Å². The highest BCUT2D eigenvalue weighted by Crippen LogP contribution is 2.30. The average molecular weight is 546 g/mol. The molecule has 0 radical (unpaired) electrons. The van der Waals surface area contributed by atoms with Gasteiger partial charge in [-0.05, 0) is 73.0 Å². The number of aliphatic hydroxyl groups is 1. The van der Waals surface area contributed by atoms with Crippen LogP contribution in [0.4, 0.5) is 28.0 Å². The second kappa shape index (κ2) is 12.2. The van der Waals surface area contributed by atoms with Crippen molar-refractivity contribution in [2.24, 2.45) is 0 Å². The van der Waals surface area contributed by atoms with Crippen LogP contribution in [0.25, 0.3) is 0 Å². The highest BCUT2D eigenvalue weighted by atomic mass is 19.4. The van der Waals surface area contributed by atoms with Gasteiger partial charge in [-0.3, -0.25) is 4.79 Å². The number of rotatable bonds is 6. The van der Waals surface area contributed by atoms with Crippen LogP contribution in [0.2, 0.25) is 0 Å². The van der Waals surface area contributed by atoms with Crippen molar-refractivity contribution in [2.45, 2.75) is 37.8 Å². The van der Waals surface area contributed by atoms with Crippen molar-refractivity contribution in [3.63, 3.8) is 0 Å². The van der Waals surface area contributed by atoms with E-state index in [1.165, 1.54) is 29.2 Å². The van der Waals surface area contributed by atoms with Crippen LogP contribution in [0.5, 0.6) is 5.75 Å². The number of nitrogens with zero attached hydrogens (tertiary/aromatic N) is 1. The molecule has 1 saturated heterocycles. The number of hydrogen-bond donors (Lipinski definition) is 3. The van der Waals surface area contributed by atoms with E-state index in [0.29, 0.717) is 24.2 Å². The zero-order valence-corrected chi connectivity index (χ0v) is 20.7. The summed E-state index contributed by atoms with van der Waals surface area (Å²) in [5, 5.41) is 15.8. The Balaban J connectivity index is 1.35. The van der Waals surface area contributed by atoms with E-state index in [2.05, 4.69) is 10.6 Å². The van der Waals surface area contributed by atoms with E-state index in [9.17, 15) is 32.3 Å². The van der Waals surface area contributed by atoms with Gasteiger partial charge in [0.15, 0.2) is 0 Å². The number of likely N-dealkylation sites (tertiary alicyclic amines) is 1. The summed E-state index contributed by atoms with van der Waals surface area (Å²) in [7, 11) is 0. The molecule has 7 nitrogen and oxygen atoms in total. The third-order valence-corrected chi connectivity index (χ3v) is 6.29. The number of hydrogen-bond acceptors (Lipinski definition) is 4. The number of urea groups is 1. The van der Waals surface area contributed by atoms with Gasteiger partial charge in [0.1, 0.15) is 18.2 Å². The predicted molar refractivity (Wildman–Crippen MR) is 136 cm³/mol. The standard InChI is InChI=1S/C28H27F4N3O4/c29-21-10-6-18(7-11-21)17-39-23-12-8-19(9-13-23)26(37)34-24-16-35(14-2-5-25(24)36)27(38)33-22-4-1-3-20(15-22)28(30,31)32/h1,3-4,6-13,15,24-25,36H,2,5,14,16-17H2,(H,33,38)(H,34,37)/t24-,25-/m1/s1. The normalized spacial score (nSPS) is 17.7. The second-order valence-corrected chi connectivity index (χ2v) is 9.18. The van der Waals surface area contributed by atoms with E-state index in [0.717, 1.165) is 17.7 Å². The molecule has 3 aromatic rings. The summed E-state index contributed by atoms with van der Waals surface area (Å²) in [6.07, 6.45) is -4.69. The maximum Gasteiger partial charge on any atom is 0.416 e. The molecule has 0 unspecified atom stereocenters. The minimum Gasteiger partial charge on any atom is -0.489 e. The van der Waals surface area contributed by atoms with Crippen LogP contribution < -0.4 is 15.4 Å². The number of amides is 3. The number of halogens is 4. The van der Waals surface area contributed by atoms with Crippen molar-refractivity contribution in [3.8, 4) is 5.75 Å². The van der Waals surface area contributed by atoms with Gasteiger partial charge in [-0.1, -0.05) is 18.2 Å². The third-order valence-electron chi connectivity index (χ3n) is 6.29. The number of benzene rings is 3. The quantitative estimate of drug-likeness (QED) is 0.371. The molecule has 1 aliphatic heterocycles. The SMILES string of the molecule is O=C(N[C@@H]1CN(C(=O)Nc2cccc(C(F)(F)F)c2)CCC[C@H]1O)c1ccc(OCc2ccc(F)cc2)cc1. The van der Waals surface area contributed by atoms with E-state index in [1.807, 2.05) is 0 Å². The maximum atomic E-state index is 13.0. The number of alkyl halides is 3. The van der Waals surface area contributed by atoms with Crippen LogP contribution in [0, 0.1) is 5.82 Å². The Morgan fingerprint density at radius 2 is 1.74 bits per heavy atom. The van der Waals surface area contributed by atoms with E-state index in [4.69, 9.17) is 4.74 Å². The Labute approximate surface area is 222 Å². The lowest BCUT2D eigenvalue weighted by Crippen LogP contribution is -2.50. The molecule has 1 heterocycles. The predicted octanol–water partition coefficient (Wildman–Crippen LogP) is 5.21. The summed E-state index contributed by atoms with van der Waals surface area (Å²) in [6.45, 7) is 0.448. The maximum absolute atomic E-state index is 13.0. The van der Waals surface area contributed by atoms with Crippen LogP contribution in [0.15, 0.2) is 72.8 Å². The monoisotopic (exact) mass is 545 g/mol. The molecule has 0 aromatic heterocycles. The molecule has 3 N–H and O–H groups in total. The van der Waals surface area contributed by atoms with Gasteiger partial charge in [0.05, 0.1) is 17.7 Å². The Morgan fingerprint density at radius 1 is 1.03 bits per heavy atom. The minimum absolute atomic E-state index is 0.0121. The molecule has 0 bridgehead atoms. The number of carbonyl (C=O) groups is 2. The molecular weight excluding hydrogens is 518 g/mol. The number of ether oxygens (including phenoxy) is 1. The van der Waals surface area contributed by atoms with Crippen molar-refractivity contribution in [3.05, 3.63) is 95.3 Å². The first-order valence-corrected chi connectivity index (χ1v) is 12.3. The third kappa shape index (κ3) is 7.70. The van der Waals surface area contributed by atoms with Crippen molar-refractivity contribution in [1.29, 1.82) is 0 Å². The number of aliphatic hydroxyl groups excluding tert-OH is 1. The molecule has 1 fully saturated rings. The Hall–Kier alpha value is -4.12. The molecule has 11 heteroatoms. The zero-order valence-electron chi connectivity index (χ0n) is 20.7. The van der Waals surface area contributed by atoms with E-state index < -0.39 is 35.8 Å². The highest BCUT2D eigenvalue weighted by Gasteiger charge is 2.32. The van der Waals surface area contributed by atoms with Crippen LogP contribution >= 0.6 is 0 Å². The molecule has 2 atom stereocenters. The van der Waals surface area contributed by atoms with Gasteiger partial charge < -0.3 is 25.4 Å². The van der Waals surface area contributed by atoms with E-state index in [1.54, 1.807) is 36.4 Å². The van der Waals surface area contributed by atoms with Crippen LogP contribution in [0.1, 0.15) is 34.3 Å². The molecule has 39 heavy (non-hydrogen) atoms. The summed E-state index contributed by atoms with van der Waals surface area (Å²) in [5.74, 6) is -0.306. The largest absolute Gasteiger partial charge is 0.489 e. The Morgan fingerprint density at radius 3 is 2.44 bits per heavy atom. The first-order chi connectivity index (χ1) is 18.6. The van der Waals surface area contributed by atoms with Crippen molar-refractivity contribution in [1.82, 2.24) is 10.2 Å². The number of nitrogens with one attached hydrogen (secondary N) is 2. The van der Waals surface area contributed by atoms with E-state index in [-0.39, 0.29) is 31.2 Å². The molecule has 206 valence electrons. The molecule has 0 saturated carbocycles. The summed E-state index contributed by atoms with van der Waals surface area (Å²) < 4.78 is 57.7. The molecule has 3 amide bonds. The highest BCUT2D eigenvalue weighted by molar-refractivity contribution is 5.94. The first-order valence-electron chi connectivity index (χ1n) is 12.3. The molecule has 3 aromatic carbocycles. The van der Waals surface area contributed by atoms with Crippen molar-refractivity contribution >= 4 is 17.6 Å². The van der Waals surface area contributed by atoms with Crippen LogP contribution in [-0.4, -0.2) is 47.2 Å². The van der Waals surface area contributed by atoms with Gasteiger partial charge >= 0.3 is 12.2 Å². The summed E-state index contributed by atoms with van der Waals surface area (Å²) in [5.41, 5.74) is 0.188. The molecule has 0 aliphatic carbocycles. The Bertz CT molecular complexity index is 1280. The van der Waals surface area contributed by atoms with Gasteiger partial charge in [-0.15, -0.1) is 0 Å². The lowest BCUT2D eigenvalue weighted by atomic mass is 10.1. The molecule has 1 aliphatic rings. The smallest absolute Gasteiger partial charge is 0.416 e. The fourth-order valence-electron chi connectivity index (χ4n) is 4.15. The summed E-state index contributed by atoms with van der Waals surface area (Å²) in [6, 6.07) is 15.1. The lowest BCUT2D eigenvalue weighted by molar-refractivity contribution is -0.137. The first kappa shape index (κ1) is 27.9. The fraction of sp³-hybridized carbons (Fsp3) is 0.286. The minimum atomic E-state index is -4.55. The number of anilines is 1. The van der Waals surface area contributed by atoms with Gasteiger partial charge in [0.25, 0.3) is 5.91 Å². The van der Waals surface area contributed by atoms with E-state index >= 15 is 0 Å². The van der Waals surface area contributed by atoms with Crippen molar-refractivity contribution in [2.75, 3.05) is 18.4 Å². The second-order valence-electron chi connectivity index (χ2n) is 9.18. The lowest BCUT2D eigenvalue weighted by Gasteiger charge is -2.27. The average Bonchev–Trinajstić information content (AvgIpc) is 3.09. The van der Waals surface area contributed by atoms with Gasteiger partial charge in [-0.25, -0.2) is 9.18 Å². The van der Waals surface area contributed by atoms with Gasteiger partial charge in [0.2, 0.25) is 0 Å².